The third kappa shape index (κ3) is 3.31. The van der Waals surface area contributed by atoms with Gasteiger partial charge in [0.25, 0.3) is 0 Å². The largest absolute Gasteiger partial charge is 0.304 e. The van der Waals surface area contributed by atoms with Crippen LogP contribution in [-0.2, 0) is 6.54 Å². The molecule has 18 heavy (non-hydrogen) atoms. The van der Waals surface area contributed by atoms with Gasteiger partial charge in [-0.2, -0.15) is 0 Å². The average Bonchev–Trinajstić information content (AvgIpc) is 2.75. The number of thiazole rings is 1. The van der Waals surface area contributed by atoms with Gasteiger partial charge in [0.1, 0.15) is 9.34 Å². The molecule has 0 bridgehead atoms. The van der Waals surface area contributed by atoms with Crippen LogP contribution in [0.4, 0.5) is 0 Å². The van der Waals surface area contributed by atoms with Gasteiger partial charge in [-0.25, -0.2) is 4.98 Å². The predicted molar refractivity (Wildman–Crippen MR) is 78.3 cm³/mol. The highest BCUT2D eigenvalue weighted by molar-refractivity contribution is 7.15. The van der Waals surface area contributed by atoms with E-state index in [1.54, 1.807) is 6.20 Å². The van der Waals surface area contributed by atoms with Crippen LogP contribution in [-0.4, -0.2) is 4.98 Å². The molecule has 2 aromatic rings. The second-order valence-electron chi connectivity index (χ2n) is 4.52. The highest BCUT2D eigenvalue weighted by atomic mass is 35.5. The van der Waals surface area contributed by atoms with Crippen LogP contribution in [0.1, 0.15) is 34.7 Å². The maximum absolute atomic E-state index is 5.87. The summed E-state index contributed by atoms with van der Waals surface area (Å²) in [6.45, 7) is 7.20. The van der Waals surface area contributed by atoms with Crippen molar-refractivity contribution >= 4 is 22.9 Å². The lowest BCUT2D eigenvalue weighted by atomic mass is 10.00. The van der Waals surface area contributed by atoms with Crippen LogP contribution >= 0.6 is 22.9 Å². The number of rotatable bonds is 4. The molecule has 0 fully saturated rings. The summed E-state index contributed by atoms with van der Waals surface area (Å²) in [4.78, 5) is 4.25. The molecule has 1 N–H and O–H groups in total. The Hall–Kier alpha value is -0.900. The number of halogens is 1. The monoisotopic (exact) mass is 280 g/mol. The second kappa shape index (κ2) is 5.83. The molecule has 0 aliphatic carbocycles. The van der Waals surface area contributed by atoms with Gasteiger partial charge in [0.15, 0.2) is 0 Å². The van der Waals surface area contributed by atoms with Gasteiger partial charge in [-0.3, -0.25) is 0 Å². The lowest BCUT2D eigenvalue weighted by Crippen LogP contribution is -2.18. The van der Waals surface area contributed by atoms with Gasteiger partial charge in [-0.1, -0.05) is 35.4 Å². The van der Waals surface area contributed by atoms with E-state index < -0.39 is 0 Å². The number of nitrogens with zero attached hydrogens (tertiary/aromatic N) is 1. The molecule has 2 rings (SSSR count). The van der Waals surface area contributed by atoms with Crippen molar-refractivity contribution < 1.29 is 0 Å². The molecule has 2 nitrogen and oxygen atoms in total. The number of benzene rings is 1. The van der Waals surface area contributed by atoms with Gasteiger partial charge in [-0.15, -0.1) is 11.3 Å². The average molecular weight is 281 g/mol. The van der Waals surface area contributed by atoms with E-state index in [2.05, 4.69) is 49.3 Å². The molecule has 1 unspecified atom stereocenters. The van der Waals surface area contributed by atoms with Crippen molar-refractivity contribution in [2.75, 3.05) is 0 Å². The Labute approximate surface area is 117 Å². The molecule has 1 aromatic carbocycles. The maximum atomic E-state index is 5.87. The van der Waals surface area contributed by atoms with Crippen LogP contribution in [0, 0.1) is 13.8 Å². The van der Waals surface area contributed by atoms with Crippen molar-refractivity contribution in [2.45, 2.75) is 33.4 Å². The molecule has 0 spiro atoms. The van der Waals surface area contributed by atoms with E-state index >= 15 is 0 Å². The van der Waals surface area contributed by atoms with Crippen LogP contribution < -0.4 is 5.32 Å². The van der Waals surface area contributed by atoms with E-state index in [0.29, 0.717) is 6.04 Å². The van der Waals surface area contributed by atoms with Gasteiger partial charge in [0.2, 0.25) is 0 Å². The number of hydrogen-bond acceptors (Lipinski definition) is 3. The normalized spacial score (nSPS) is 12.7. The number of aryl methyl sites for hydroxylation is 2. The minimum absolute atomic E-state index is 0.313. The first-order valence-corrected chi connectivity index (χ1v) is 7.16. The molecule has 0 aliphatic rings. The lowest BCUT2D eigenvalue weighted by molar-refractivity contribution is 0.570. The summed E-state index contributed by atoms with van der Waals surface area (Å²) in [5, 5.41) is 4.51. The summed E-state index contributed by atoms with van der Waals surface area (Å²) in [5.74, 6) is 0. The fourth-order valence-electron chi connectivity index (χ4n) is 1.95. The van der Waals surface area contributed by atoms with E-state index in [1.807, 2.05) is 0 Å². The molecule has 0 saturated carbocycles. The van der Waals surface area contributed by atoms with E-state index in [4.69, 9.17) is 11.6 Å². The Morgan fingerprint density at radius 3 is 2.83 bits per heavy atom. The van der Waals surface area contributed by atoms with Gasteiger partial charge < -0.3 is 5.32 Å². The third-order valence-electron chi connectivity index (χ3n) is 2.99. The molecule has 0 saturated heterocycles. The zero-order valence-electron chi connectivity index (χ0n) is 10.8. The Morgan fingerprint density at radius 2 is 2.17 bits per heavy atom. The standard InChI is InChI=1S/C14H17ClN2S/c1-9-4-5-10(2)12(6-9)11(3)16-8-14-17-7-13(15)18-14/h4-7,11,16H,8H2,1-3H3. The molecular formula is C14H17ClN2S. The second-order valence-corrected chi connectivity index (χ2v) is 6.27. The topological polar surface area (TPSA) is 24.9 Å². The highest BCUT2D eigenvalue weighted by Gasteiger charge is 2.09. The Kier molecular flexibility index (Phi) is 4.38. The molecule has 1 aromatic heterocycles. The molecule has 1 heterocycles. The first-order chi connectivity index (χ1) is 8.56. The van der Waals surface area contributed by atoms with Gasteiger partial charge in [-0.05, 0) is 31.9 Å². The summed E-state index contributed by atoms with van der Waals surface area (Å²) in [5.41, 5.74) is 3.96. The summed E-state index contributed by atoms with van der Waals surface area (Å²) in [6.07, 6.45) is 1.70. The van der Waals surface area contributed by atoms with E-state index in [0.717, 1.165) is 15.9 Å². The number of aromatic nitrogens is 1. The van der Waals surface area contributed by atoms with Gasteiger partial charge >= 0.3 is 0 Å². The van der Waals surface area contributed by atoms with Crippen LogP contribution in [0.25, 0.3) is 0 Å². The SMILES string of the molecule is Cc1ccc(C)c(C(C)NCc2ncc(Cl)s2)c1. The Balaban J connectivity index is 2.03. The molecule has 4 heteroatoms. The van der Waals surface area contributed by atoms with E-state index in [1.165, 1.54) is 28.0 Å². The molecular weight excluding hydrogens is 264 g/mol. The smallest absolute Gasteiger partial charge is 0.113 e. The zero-order valence-corrected chi connectivity index (χ0v) is 12.4. The van der Waals surface area contributed by atoms with E-state index in [-0.39, 0.29) is 0 Å². The minimum atomic E-state index is 0.313. The molecule has 0 amide bonds. The summed E-state index contributed by atoms with van der Waals surface area (Å²) in [7, 11) is 0. The predicted octanol–water partition coefficient (Wildman–Crippen LogP) is 4.26. The highest BCUT2D eigenvalue weighted by Crippen LogP contribution is 2.21. The summed E-state index contributed by atoms with van der Waals surface area (Å²) in [6, 6.07) is 6.87. The number of nitrogens with one attached hydrogen (secondary N) is 1. The third-order valence-corrected chi connectivity index (χ3v) is 4.10. The van der Waals surface area contributed by atoms with Crippen molar-refractivity contribution in [3.05, 3.63) is 50.4 Å². The molecule has 1 atom stereocenters. The first-order valence-electron chi connectivity index (χ1n) is 5.97. The van der Waals surface area contributed by atoms with Crippen LogP contribution in [0.3, 0.4) is 0 Å². The fraction of sp³-hybridized carbons (Fsp3) is 0.357. The van der Waals surface area contributed by atoms with E-state index in [9.17, 15) is 0 Å². The zero-order chi connectivity index (χ0) is 13.1. The molecule has 0 aliphatic heterocycles. The summed E-state index contributed by atoms with van der Waals surface area (Å²) < 4.78 is 0.742. The van der Waals surface area contributed by atoms with Crippen molar-refractivity contribution in [3.8, 4) is 0 Å². The molecule has 96 valence electrons. The quantitative estimate of drug-likeness (QED) is 0.905. The Morgan fingerprint density at radius 1 is 1.39 bits per heavy atom. The lowest BCUT2D eigenvalue weighted by Gasteiger charge is -2.16. The van der Waals surface area contributed by atoms with Crippen molar-refractivity contribution in [1.82, 2.24) is 10.3 Å². The van der Waals surface area contributed by atoms with Crippen molar-refractivity contribution in [3.63, 3.8) is 0 Å². The molecule has 0 radical (unpaired) electrons. The van der Waals surface area contributed by atoms with Crippen LogP contribution in [0.15, 0.2) is 24.4 Å². The summed E-state index contributed by atoms with van der Waals surface area (Å²) >= 11 is 7.39. The van der Waals surface area contributed by atoms with Crippen molar-refractivity contribution in [1.29, 1.82) is 0 Å². The fourth-order valence-corrected chi connectivity index (χ4v) is 2.85. The minimum Gasteiger partial charge on any atom is -0.304 e. The number of hydrogen-bond donors (Lipinski definition) is 1. The Bertz CT molecular complexity index is 536. The maximum Gasteiger partial charge on any atom is 0.113 e. The first kappa shape index (κ1) is 13.5. The van der Waals surface area contributed by atoms with Crippen LogP contribution in [0.5, 0.6) is 0 Å². The van der Waals surface area contributed by atoms with Crippen LogP contribution in [0.2, 0.25) is 4.34 Å². The van der Waals surface area contributed by atoms with Gasteiger partial charge in [0, 0.05) is 12.6 Å². The van der Waals surface area contributed by atoms with Crippen molar-refractivity contribution in [2.24, 2.45) is 0 Å². The van der Waals surface area contributed by atoms with Gasteiger partial charge in [0.05, 0.1) is 6.20 Å².